The molecule has 1 aliphatic rings. The standard InChI is InChI=1S/C25H26F2N6O3/c1-35-20-4-2-3-18(11-20)23-30-24(36-31-23)17-7-9-32(10-8-17)13-25(34,14-33-16-28-15-29-33)21-6-5-19(26)12-22(21)27/h2-6,11-12,15-17,34H,7-10,13-14H2,1H3. The van der Waals surface area contributed by atoms with Crippen LogP contribution in [-0.2, 0) is 12.1 Å². The monoisotopic (exact) mass is 496 g/mol. The number of β-amino-alcohol motifs (C(OH)–C–C–N with tert-alkyl or cyclic N) is 1. The molecule has 1 N–H and O–H groups in total. The summed E-state index contributed by atoms with van der Waals surface area (Å²) >= 11 is 0. The minimum atomic E-state index is -1.64. The maximum Gasteiger partial charge on any atom is 0.230 e. The molecule has 3 heterocycles. The Kier molecular flexibility index (Phi) is 6.75. The van der Waals surface area contributed by atoms with Crippen molar-refractivity contribution in [2.24, 2.45) is 0 Å². The van der Waals surface area contributed by atoms with E-state index in [4.69, 9.17) is 9.26 Å². The molecule has 1 atom stereocenters. The molecular weight excluding hydrogens is 470 g/mol. The van der Waals surface area contributed by atoms with E-state index in [1.54, 1.807) is 7.11 Å². The normalized spacial score (nSPS) is 16.7. The van der Waals surface area contributed by atoms with Gasteiger partial charge >= 0.3 is 0 Å². The quantitative estimate of drug-likeness (QED) is 0.396. The average molecular weight is 497 g/mol. The summed E-state index contributed by atoms with van der Waals surface area (Å²) in [7, 11) is 1.60. The predicted octanol–water partition coefficient (Wildman–Crippen LogP) is 3.38. The smallest absolute Gasteiger partial charge is 0.230 e. The van der Waals surface area contributed by atoms with Crippen LogP contribution in [-0.4, -0.2) is 61.7 Å². The zero-order chi connectivity index (χ0) is 25.1. The van der Waals surface area contributed by atoms with Crippen LogP contribution in [0.3, 0.4) is 0 Å². The van der Waals surface area contributed by atoms with Crippen LogP contribution in [0.1, 0.15) is 30.2 Å². The fourth-order valence-electron chi connectivity index (χ4n) is 4.66. The van der Waals surface area contributed by atoms with Crippen LogP contribution in [0.5, 0.6) is 5.75 Å². The number of ether oxygens (including phenoxy) is 1. The summed E-state index contributed by atoms with van der Waals surface area (Å²) in [5.41, 5.74) is -0.815. The predicted molar refractivity (Wildman–Crippen MR) is 125 cm³/mol. The third kappa shape index (κ3) is 5.12. The SMILES string of the molecule is COc1cccc(-c2noc(C3CCN(CC(O)(Cn4cncn4)c4ccc(F)cc4F)CC3)n2)c1. The van der Waals surface area contributed by atoms with Crippen molar-refractivity contribution in [2.45, 2.75) is 30.9 Å². The highest BCUT2D eigenvalue weighted by molar-refractivity contribution is 5.56. The summed E-state index contributed by atoms with van der Waals surface area (Å²) in [6, 6.07) is 10.7. The molecule has 188 valence electrons. The van der Waals surface area contributed by atoms with Crippen molar-refractivity contribution < 1.29 is 23.1 Å². The number of aromatic nitrogens is 5. The van der Waals surface area contributed by atoms with Crippen LogP contribution in [0, 0.1) is 11.6 Å². The highest BCUT2D eigenvalue weighted by Gasteiger charge is 2.37. The Balaban J connectivity index is 1.28. The third-order valence-electron chi connectivity index (χ3n) is 6.51. The Morgan fingerprint density at radius 3 is 2.69 bits per heavy atom. The van der Waals surface area contributed by atoms with Gasteiger partial charge in [0.1, 0.15) is 35.6 Å². The van der Waals surface area contributed by atoms with E-state index in [1.807, 2.05) is 24.3 Å². The van der Waals surface area contributed by atoms with Gasteiger partial charge in [0.15, 0.2) is 0 Å². The summed E-state index contributed by atoms with van der Waals surface area (Å²) in [5.74, 6) is 0.342. The Labute approximate surface area is 206 Å². The van der Waals surface area contributed by atoms with Gasteiger partial charge < -0.3 is 19.3 Å². The van der Waals surface area contributed by atoms with Gasteiger partial charge in [-0.05, 0) is 44.1 Å². The molecule has 1 aliphatic heterocycles. The van der Waals surface area contributed by atoms with Crippen molar-refractivity contribution in [1.29, 1.82) is 0 Å². The van der Waals surface area contributed by atoms with E-state index < -0.39 is 17.2 Å². The van der Waals surface area contributed by atoms with Gasteiger partial charge in [0.25, 0.3) is 0 Å². The topological polar surface area (TPSA) is 102 Å². The lowest BCUT2D eigenvalue weighted by Gasteiger charge is -2.37. The number of benzene rings is 2. The number of hydrogen-bond acceptors (Lipinski definition) is 8. The molecule has 36 heavy (non-hydrogen) atoms. The molecule has 9 nitrogen and oxygen atoms in total. The first-order chi connectivity index (χ1) is 17.4. The number of nitrogens with zero attached hydrogens (tertiary/aromatic N) is 6. The second-order valence-corrected chi connectivity index (χ2v) is 8.99. The summed E-state index contributed by atoms with van der Waals surface area (Å²) in [5, 5.41) is 19.8. The molecule has 2 aromatic carbocycles. The summed E-state index contributed by atoms with van der Waals surface area (Å²) in [6.45, 7) is 1.37. The Hall–Kier alpha value is -3.70. The zero-order valence-corrected chi connectivity index (χ0v) is 19.7. The summed E-state index contributed by atoms with van der Waals surface area (Å²) in [4.78, 5) is 10.5. The second-order valence-electron chi connectivity index (χ2n) is 8.99. The molecule has 0 saturated carbocycles. The number of rotatable bonds is 8. The molecular formula is C25H26F2N6O3. The molecule has 1 unspecified atom stereocenters. The first-order valence-corrected chi connectivity index (χ1v) is 11.6. The minimum Gasteiger partial charge on any atom is -0.497 e. The fraction of sp³-hybridized carbons (Fsp3) is 0.360. The van der Waals surface area contributed by atoms with Crippen molar-refractivity contribution in [3.63, 3.8) is 0 Å². The maximum absolute atomic E-state index is 14.7. The lowest BCUT2D eigenvalue weighted by Crippen LogP contribution is -2.47. The number of piperidine rings is 1. The first-order valence-electron chi connectivity index (χ1n) is 11.6. The van der Waals surface area contributed by atoms with Crippen LogP contribution in [0.15, 0.2) is 59.6 Å². The highest BCUT2D eigenvalue weighted by Crippen LogP contribution is 2.33. The molecule has 0 spiro atoms. The molecule has 1 saturated heterocycles. The van der Waals surface area contributed by atoms with Crippen LogP contribution in [0.25, 0.3) is 11.4 Å². The fourth-order valence-corrected chi connectivity index (χ4v) is 4.66. The second kappa shape index (κ2) is 10.1. The van der Waals surface area contributed by atoms with E-state index in [9.17, 15) is 13.9 Å². The first kappa shape index (κ1) is 24.0. The highest BCUT2D eigenvalue weighted by atomic mass is 19.1. The van der Waals surface area contributed by atoms with Gasteiger partial charge in [-0.2, -0.15) is 10.1 Å². The Morgan fingerprint density at radius 1 is 1.14 bits per heavy atom. The molecule has 0 bridgehead atoms. The van der Waals surface area contributed by atoms with Gasteiger partial charge in [-0.15, -0.1) is 0 Å². The molecule has 4 aromatic rings. The zero-order valence-electron chi connectivity index (χ0n) is 19.7. The van der Waals surface area contributed by atoms with Crippen molar-refractivity contribution in [3.8, 4) is 17.1 Å². The van der Waals surface area contributed by atoms with Crippen LogP contribution >= 0.6 is 0 Å². The average Bonchev–Trinajstić information content (AvgIpc) is 3.57. The van der Waals surface area contributed by atoms with Crippen molar-refractivity contribution in [1.82, 2.24) is 29.8 Å². The van der Waals surface area contributed by atoms with Crippen molar-refractivity contribution >= 4 is 0 Å². The number of halogens is 2. The van der Waals surface area contributed by atoms with E-state index in [-0.39, 0.29) is 24.6 Å². The van der Waals surface area contributed by atoms with Gasteiger partial charge in [0, 0.05) is 29.7 Å². The summed E-state index contributed by atoms with van der Waals surface area (Å²) < 4.78 is 40.5. The minimum absolute atomic E-state index is 0.0151. The van der Waals surface area contributed by atoms with Gasteiger partial charge in [-0.25, -0.2) is 18.4 Å². The van der Waals surface area contributed by atoms with E-state index in [2.05, 4.69) is 25.1 Å². The Bertz CT molecular complexity index is 1310. The van der Waals surface area contributed by atoms with Crippen LogP contribution in [0.4, 0.5) is 8.78 Å². The van der Waals surface area contributed by atoms with Crippen molar-refractivity contribution in [3.05, 3.63) is 78.2 Å². The molecule has 0 radical (unpaired) electrons. The maximum atomic E-state index is 14.7. The van der Waals surface area contributed by atoms with E-state index >= 15 is 0 Å². The van der Waals surface area contributed by atoms with E-state index in [0.717, 1.165) is 30.5 Å². The molecule has 11 heteroatoms. The number of hydrogen-bond donors (Lipinski definition) is 1. The van der Waals surface area contributed by atoms with Crippen molar-refractivity contribution in [2.75, 3.05) is 26.7 Å². The Morgan fingerprint density at radius 2 is 1.97 bits per heavy atom. The van der Waals surface area contributed by atoms with Gasteiger partial charge in [-0.3, -0.25) is 0 Å². The number of likely N-dealkylation sites (tertiary alicyclic amines) is 1. The van der Waals surface area contributed by atoms with E-state index in [0.29, 0.717) is 30.6 Å². The van der Waals surface area contributed by atoms with Gasteiger partial charge in [0.05, 0.1) is 13.7 Å². The summed E-state index contributed by atoms with van der Waals surface area (Å²) in [6.07, 6.45) is 4.25. The van der Waals surface area contributed by atoms with Gasteiger partial charge in [0.2, 0.25) is 11.7 Å². The largest absolute Gasteiger partial charge is 0.497 e. The molecule has 0 amide bonds. The molecule has 2 aromatic heterocycles. The molecule has 5 rings (SSSR count). The van der Waals surface area contributed by atoms with Crippen LogP contribution in [0.2, 0.25) is 0 Å². The lowest BCUT2D eigenvalue weighted by molar-refractivity contribution is -0.0271. The van der Waals surface area contributed by atoms with Crippen LogP contribution < -0.4 is 4.74 Å². The van der Waals surface area contributed by atoms with E-state index in [1.165, 1.54) is 23.4 Å². The lowest BCUT2D eigenvalue weighted by atomic mass is 9.90. The third-order valence-corrected chi connectivity index (χ3v) is 6.51. The number of methoxy groups -OCH3 is 1. The molecule has 1 fully saturated rings. The van der Waals surface area contributed by atoms with Gasteiger partial charge in [-0.1, -0.05) is 23.4 Å². The molecule has 0 aliphatic carbocycles. The number of aliphatic hydroxyl groups is 1.